The molecule has 0 fully saturated rings. The quantitative estimate of drug-likeness (QED) is 0.172. The molecule has 3 heterocycles. The van der Waals surface area contributed by atoms with Gasteiger partial charge in [0.05, 0.1) is 52.5 Å². The molecule has 0 saturated heterocycles. The SMILES string of the molecule is COc1cnc2c(-c3nc4cc(F)c(OC[C@@H](C)OC(=O)Nc5ccnc(OCCC(C)(C)O)c5)cc4s3)cc(C)cc2n1. The average Bonchev–Trinajstić information content (AvgIpc) is 3.37. The third kappa shape index (κ3) is 7.66. The van der Waals surface area contributed by atoms with Crippen LogP contribution in [-0.2, 0) is 4.74 Å². The molecule has 2 N–H and O–H groups in total. The first kappa shape index (κ1) is 30.8. The summed E-state index contributed by atoms with van der Waals surface area (Å²) in [6.07, 6.45) is 2.04. The summed E-state index contributed by atoms with van der Waals surface area (Å²) in [5.41, 5.74) is 3.13. The molecule has 11 nitrogen and oxygen atoms in total. The van der Waals surface area contributed by atoms with Crippen LogP contribution < -0.4 is 19.5 Å². The number of aromatic nitrogens is 4. The van der Waals surface area contributed by atoms with Gasteiger partial charge in [0, 0.05) is 36.4 Å². The molecule has 3 aromatic heterocycles. The van der Waals surface area contributed by atoms with E-state index in [0.717, 1.165) is 15.8 Å². The molecule has 1 amide bonds. The summed E-state index contributed by atoms with van der Waals surface area (Å²) in [6, 6.07) is 9.92. The minimum Gasteiger partial charge on any atom is -0.487 e. The number of fused-ring (bicyclic) bond motifs is 2. The smallest absolute Gasteiger partial charge is 0.412 e. The summed E-state index contributed by atoms with van der Waals surface area (Å²) in [6.45, 7) is 7.15. The Morgan fingerprint density at radius 1 is 1.09 bits per heavy atom. The number of aryl methyl sites for hydroxylation is 1. The van der Waals surface area contributed by atoms with Gasteiger partial charge in [-0.1, -0.05) is 0 Å². The van der Waals surface area contributed by atoms with Crippen LogP contribution in [0.4, 0.5) is 14.9 Å². The van der Waals surface area contributed by atoms with Gasteiger partial charge in [-0.2, -0.15) is 0 Å². The highest BCUT2D eigenvalue weighted by molar-refractivity contribution is 7.21. The fraction of sp³-hybridized carbons (Fsp3) is 0.323. The molecule has 1 atom stereocenters. The predicted molar refractivity (Wildman–Crippen MR) is 165 cm³/mol. The van der Waals surface area contributed by atoms with Crippen LogP contribution in [0.2, 0.25) is 0 Å². The van der Waals surface area contributed by atoms with Crippen molar-refractivity contribution in [2.75, 3.05) is 25.6 Å². The molecule has 0 spiro atoms. The monoisotopic (exact) mass is 621 g/mol. The number of rotatable bonds is 11. The Morgan fingerprint density at radius 3 is 2.68 bits per heavy atom. The maximum Gasteiger partial charge on any atom is 0.412 e. The van der Waals surface area contributed by atoms with E-state index >= 15 is 0 Å². The third-order valence-electron chi connectivity index (χ3n) is 6.38. The number of nitrogens with one attached hydrogen (secondary N) is 1. The van der Waals surface area contributed by atoms with E-state index in [0.29, 0.717) is 45.4 Å². The third-order valence-corrected chi connectivity index (χ3v) is 7.43. The first-order valence-corrected chi connectivity index (χ1v) is 14.6. The molecule has 0 aliphatic heterocycles. The molecule has 13 heteroatoms. The minimum atomic E-state index is -0.863. The lowest BCUT2D eigenvalue weighted by molar-refractivity contribution is 0.0547. The number of halogens is 1. The number of carbonyl (C=O) groups is 1. The lowest BCUT2D eigenvalue weighted by atomic mass is 10.1. The summed E-state index contributed by atoms with van der Waals surface area (Å²) < 4.78 is 37.5. The van der Waals surface area contributed by atoms with Crippen molar-refractivity contribution in [2.45, 2.75) is 45.8 Å². The summed E-state index contributed by atoms with van der Waals surface area (Å²) >= 11 is 1.38. The average molecular weight is 622 g/mol. The van der Waals surface area contributed by atoms with Crippen molar-refractivity contribution >= 4 is 44.4 Å². The number of aliphatic hydroxyl groups is 1. The molecule has 5 rings (SSSR count). The summed E-state index contributed by atoms with van der Waals surface area (Å²) in [5.74, 6) is 0.139. The summed E-state index contributed by atoms with van der Waals surface area (Å²) in [5, 5.41) is 13.1. The van der Waals surface area contributed by atoms with Crippen LogP contribution in [0.3, 0.4) is 0 Å². The van der Waals surface area contributed by atoms with Crippen LogP contribution in [0, 0.1) is 12.7 Å². The fourth-order valence-electron chi connectivity index (χ4n) is 4.21. The first-order chi connectivity index (χ1) is 21.0. The Hall–Kier alpha value is -4.62. The second-order valence-electron chi connectivity index (χ2n) is 10.8. The van der Waals surface area contributed by atoms with Crippen molar-refractivity contribution in [3.05, 3.63) is 60.2 Å². The number of carbonyl (C=O) groups excluding carboxylic acids is 1. The molecule has 0 radical (unpaired) electrons. The zero-order valence-electron chi connectivity index (χ0n) is 24.9. The van der Waals surface area contributed by atoms with Crippen LogP contribution >= 0.6 is 11.3 Å². The first-order valence-electron chi connectivity index (χ1n) is 13.8. The number of pyridine rings is 1. The molecule has 2 aromatic carbocycles. The number of benzene rings is 2. The van der Waals surface area contributed by atoms with E-state index in [9.17, 15) is 14.3 Å². The maximum absolute atomic E-state index is 15.0. The Morgan fingerprint density at radius 2 is 1.91 bits per heavy atom. The molecule has 0 unspecified atom stereocenters. The van der Waals surface area contributed by atoms with Crippen LogP contribution in [0.5, 0.6) is 17.5 Å². The largest absolute Gasteiger partial charge is 0.487 e. The number of hydrogen-bond donors (Lipinski definition) is 2. The summed E-state index contributed by atoms with van der Waals surface area (Å²) in [4.78, 5) is 30.2. The minimum absolute atomic E-state index is 0.0177. The topological polar surface area (TPSA) is 138 Å². The fourth-order valence-corrected chi connectivity index (χ4v) is 5.20. The van der Waals surface area contributed by atoms with Gasteiger partial charge in [0.1, 0.15) is 17.7 Å². The number of ether oxygens (including phenoxy) is 4. The summed E-state index contributed by atoms with van der Waals surface area (Å²) in [7, 11) is 1.54. The van der Waals surface area contributed by atoms with E-state index in [4.69, 9.17) is 18.9 Å². The lowest BCUT2D eigenvalue weighted by Gasteiger charge is -2.17. The van der Waals surface area contributed by atoms with Crippen molar-refractivity contribution in [1.82, 2.24) is 19.9 Å². The van der Waals surface area contributed by atoms with Crippen molar-refractivity contribution in [3.8, 4) is 28.1 Å². The Bertz CT molecular complexity index is 1810. The van der Waals surface area contributed by atoms with Gasteiger partial charge in [-0.25, -0.2) is 29.1 Å². The van der Waals surface area contributed by atoms with E-state index in [1.54, 1.807) is 45.2 Å². The van der Waals surface area contributed by atoms with Gasteiger partial charge in [-0.05, 0) is 51.5 Å². The Balaban J connectivity index is 1.22. The lowest BCUT2D eigenvalue weighted by Crippen LogP contribution is -2.25. The Labute approximate surface area is 257 Å². The molecule has 230 valence electrons. The number of nitrogens with zero attached hydrogens (tertiary/aromatic N) is 4. The van der Waals surface area contributed by atoms with Crippen LogP contribution in [0.25, 0.3) is 31.8 Å². The van der Waals surface area contributed by atoms with Crippen molar-refractivity contribution < 1.29 is 33.2 Å². The van der Waals surface area contributed by atoms with Crippen molar-refractivity contribution in [3.63, 3.8) is 0 Å². The molecule has 5 aromatic rings. The van der Waals surface area contributed by atoms with Gasteiger partial charge >= 0.3 is 6.09 Å². The molecule has 0 saturated carbocycles. The highest BCUT2D eigenvalue weighted by Gasteiger charge is 2.18. The molecule has 0 aliphatic rings. The maximum atomic E-state index is 15.0. The number of hydrogen-bond acceptors (Lipinski definition) is 11. The number of anilines is 1. The molecule has 0 aliphatic carbocycles. The van der Waals surface area contributed by atoms with E-state index in [-0.39, 0.29) is 19.0 Å². The standard InChI is InChI=1S/C31H32FN5O6S/c1-17-10-20(28-23(11-17)36-27(40-5)15-34-28)29-37-22-13-21(32)24(14-25(22)44-29)42-16-18(2)43-30(38)35-19-6-8-33-26(12-19)41-9-7-31(3,4)39/h6,8,10-15,18,39H,7,9,16H2,1-5H3,(H,33,35,38)/t18-/m1/s1. The molecular formula is C31H32FN5O6S. The zero-order valence-corrected chi connectivity index (χ0v) is 25.7. The zero-order chi connectivity index (χ0) is 31.4. The second-order valence-corrected chi connectivity index (χ2v) is 11.8. The molecule has 44 heavy (non-hydrogen) atoms. The van der Waals surface area contributed by atoms with Gasteiger partial charge in [-0.3, -0.25) is 5.32 Å². The highest BCUT2D eigenvalue weighted by atomic mass is 32.1. The number of amides is 1. The van der Waals surface area contributed by atoms with Crippen LogP contribution in [0.15, 0.2) is 48.8 Å². The van der Waals surface area contributed by atoms with Crippen molar-refractivity contribution in [2.24, 2.45) is 0 Å². The van der Waals surface area contributed by atoms with E-state index < -0.39 is 23.6 Å². The van der Waals surface area contributed by atoms with Crippen LogP contribution in [-0.4, -0.2) is 63.2 Å². The van der Waals surface area contributed by atoms with Crippen LogP contribution in [0.1, 0.15) is 32.8 Å². The van der Waals surface area contributed by atoms with Gasteiger partial charge in [-0.15, -0.1) is 11.3 Å². The van der Waals surface area contributed by atoms with Gasteiger partial charge < -0.3 is 24.1 Å². The van der Waals surface area contributed by atoms with Gasteiger partial charge in [0.2, 0.25) is 11.8 Å². The van der Waals surface area contributed by atoms with Gasteiger partial charge in [0.25, 0.3) is 0 Å². The van der Waals surface area contributed by atoms with E-state index in [1.165, 1.54) is 30.7 Å². The predicted octanol–water partition coefficient (Wildman–Crippen LogP) is 6.31. The van der Waals surface area contributed by atoms with Gasteiger partial charge in [0.15, 0.2) is 11.6 Å². The van der Waals surface area contributed by atoms with E-state index in [2.05, 4.69) is 25.3 Å². The van der Waals surface area contributed by atoms with E-state index in [1.807, 2.05) is 19.1 Å². The second kappa shape index (κ2) is 12.9. The highest BCUT2D eigenvalue weighted by Crippen LogP contribution is 2.37. The molecular weight excluding hydrogens is 589 g/mol. The Kier molecular flexibility index (Phi) is 9.06. The molecule has 0 bridgehead atoms. The van der Waals surface area contributed by atoms with Crippen molar-refractivity contribution in [1.29, 1.82) is 0 Å². The number of methoxy groups -OCH3 is 1. The number of thiazole rings is 1. The normalized spacial score (nSPS) is 12.2.